The molecule has 1 aromatic heterocycles. The molecule has 0 radical (unpaired) electrons. The summed E-state index contributed by atoms with van der Waals surface area (Å²) >= 11 is 0. The molecule has 1 unspecified atom stereocenters. The molecule has 1 saturated carbocycles. The SMILES string of the molecule is COc1cccc(C2c3[nH]c4ccccc4c3C[C@H]3C(=O)N(c4ccccc4C(=O)NC4CCCCC4)C(=O)N23)c1. The Morgan fingerprint density at radius 2 is 1.73 bits per heavy atom. The normalized spacial score (nSPS) is 20.7. The molecular formula is C33H32N4O4. The summed E-state index contributed by atoms with van der Waals surface area (Å²) in [6, 6.07) is 21.0. The lowest BCUT2D eigenvalue weighted by Gasteiger charge is -2.36. The number of carbonyl (C=O) groups is 3. The van der Waals surface area contributed by atoms with E-state index >= 15 is 0 Å². The summed E-state index contributed by atoms with van der Waals surface area (Å²) in [7, 11) is 1.61. The number of urea groups is 1. The number of ether oxygens (including phenoxy) is 1. The van der Waals surface area contributed by atoms with Crippen LogP contribution in [0.2, 0.25) is 0 Å². The number of hydrogen-bond acceptors (Lipinski definition) is 4. The summed E-state index contributed by atoms with van der Waals surface area (Å²) in [5, 5.41) is 4.19. The van der Waals surface area contributed by atoms with E-state index in [9.17, 15) is 14.4 Å². The second kappa shape index (κ2) is 10.1. The molecule has 4 amide bonds. The molecule has 2 fully saturated rings. The van der Waals surface area contributed by atoms with Crippen molar-refractivity contribution < 1.29 is 19.1 Å². The number of nitrogens with one attached hydrogen (secondary N) is 2. The topological polar surface area (TPSA) is 94.7 Å². The van der Waals surface area contributed by atoms with Gasteiger partial charge in [0.2, 0.25) is 0 Å². The van der Waals surface area contributed by atoms with E-state index in [4.69, 9.17) is 4.74 Å². The summed E-state index contributed by atoms with van der Waals surface area (Å²) in [4.78, 5) is 48.4. The van der Waals surface area contributed by atoms with Gasteiger partial charge in [-0.15, -0.1) is 0 Å². The first-order chi connectivity index (χ1) is 20.0. The highest BCUT2D eigenvalue weighted by Crippen LogP contribution is 2.45. The van der Waals surface area contributed by atoms with Crippen LogP contribution in [0, 0.1) is 0 Å². The van der Waals surface area contributed by atoms with Gasteiger partial charge in [-0.05, 0) is 54.3 Å². The molecule has 208 valence electrons. The van der Waals surface area contributed by atoms with Crippen molar-refractivity contribution in [2.45, 2.75) is 56.7 Å². The molecule has 8 heteroatoms. The maximum absolute atomic E-state index is 14.3. The van der Waals surface area contributed by atoms with Crippen LogP contribution in [-0.4, -0.2) is 46.9 Å². The Bertz CT molecular complexity index is 1670. The van der Waals surface area contributed by atoms with Crippen LogP contribution in [0.1, 0.15) is 65.3 Å². The van der Waals surface area contributed by atoms with E-state index in [1.54, 1.807) is 36.3 Å². The molecule has 0 bridgehead atoms. The molecule has 2 atom stereocenters. The van der Waals surface area contributed by atoms with Crippen LogP contribution < -0.4 is 15.0 Å². The van der Waals surface area contributed by atoms with E-state index in [-0.39, 0.29) is 17.9 Å². The minimum absolute atomic E-state index is 0.108. The number of aromatic nitrogens is 1. The Morgan fingerprint density at radius 1 is 0.951 bits per heavy atom. The quantitative estimate of drug-likeness (QED) is 0.312. The predicted octanol–water partition coefficient (Wildman–Crippen LogP) is 5.72. The Hall–Kier alpha value is -4.59. The second-order valence-corrected chi connectivity index (χ2v) is 11.2. The highest BCUT2D eigenvalue weighted by molar-refractivity contribution is 6.24. The maximum atomic E-state index is 14.3. The molecule has 2 aliphatic heterocycles. The van der Waals surface area contributed by atoms with Crippen molar-refractivity contribution in [3.63, 3.8) is 0 Å². The zero-order valence-corrected chi connectivity index (χ0v) is 22.9. The van der Waals surface area contributed by atoms with Crippen molar-refractivity contribution >= 4 is 34.4 Å². The van der Waals surface area contributed by atoms with Gasteiger partial charge in [-0.3, -0.25) is 14.5 Å². The van der Waals surface area contributed by atoms with Crippen molar-refractivity contribution in [2.75, 3.05) is 12.0 Å². The Balaban J connectivity index is 1.31. The number of aromatic amines is 1. The smallest absolute Gasteiger partial charge is 0.332 e. The molecule has 8 nitrogen and oxygen atoms in total. The molecule has 41 heavy (non-hydrogen) atoms. The molecular weight excluding hydrogens is 516 g/mol. The molecule has 0 spiro atoms. The van der Waals surface area contributed by atoms with Crippen LogP contribution in [0.4, 0.5) is 10.5 Å². The minimum Gasteiger partial charge on any atom is -0.497 e. The fourth-order valence-corrected chi connectivity index (χ4v) is 6.83. The maximum Gasteiger partial charge on any atom is 0.332 e. The molecule has 3 aliphatic rings. The summed E-state index contributed by atoms with van der Waals surface area (Å²) in [6.07, 6.45) is 5.64. The number of amides is 4. The summed E-state index contributed by atoms with van der Waals surface area (Å²) in [5.41, 5.74) is 4.38. The molecule has 3 aromatic carbocycles. The van der Waals surface area contributed by atoms with Crippen molar-refractivity contribution in [1.82, 2.24) is 15.2 Å². The third-order valence-electron chi connectivity index (χ3n) is 8.79. The molecule has 4 aromatic rings. The number of hydrogen-bond donors (Lipinski definition) is 2. The number of nitrogens with zero attached hydrogens (tertiary/aromatic N) is 2. The predicted molar refractivity (Wildman–Crippen MR) is 156 cm³/mol. The second-order valence-electron chi connectivity index (χ2n) is 11.2. The van der Waals surface area contributed by atoms with E-state index in [0.717, 1.165) is 53.4 Å². The van der Waals surface area contributed by atoms with Crippen molar-refractivity contribution in [1.29, 1.82) is 0 Å². The van der Waals surface area contributed by atoms with E-state index in [1.807, 2.05) is 48.5 Å². The number of H-pyrrole nitrogens is 1. The van der Waals surface area contributed by atoms with Crippen LogP contribution in [0.15, 0.2) is 72.8 Å². The number of imide groups is 1. The van der Waals surface area contributed by atoms with Gasteiger partial charge in [0.25, 0.3) is 11.8 Å². The number of carbonyl (C=O) groups excluding carboxylic acids is 3. The molecule has 2 N–H and O–H groups in total. The lowest BCUT2D eigenvalue weighted by molar-refractivity contribution is -0.120. The van der Waals surface area contributed by atoms with Gasteiger partial charge in [-0.1, -0.05) is 61.7 Å². The molecule has 1 saturated heterocycles. The van der Waals surface area contributed by atoms with Gasteiger partial charge in [-0.25, -0.2) is 9.69 Å². The van der Waals surface area contributed by atoms with Gasteiger partial charge in [-0.2, -0.15) is 0 Å². The van der Waals surface area contributed by atoms with Crippen molar-refractivity contribution in [3.8, 4) is 5.75 Å². The van der Waals surface area contributed by atoms with E-state index in [1.165, 1.54) is 11.3 Å². The van der Waals surface area contributed by atoms with Gasteiger partial charge in [0.1, 0.15) is 17.8 Å². The van der Waals surface area contributed by atoms with Crippen molar-refractivity contribution in [2.24, 2.45) is 0 Å². The van der Waals surface area contributed by atoms with E-state index in [0.29, 0.717) is 23.4 Å². The summed E-state index contributed by atoms with van der Waals surface area (Å²) < 4.78 is 5.51. The van der Waals surface area contributed by atoms with Gasteiger partial charge in [0, 0.05) is 29.1 Å². The van der Waals surface area contributed by atoms with E-state index < -0.39 is 18.1 Å². The highest BCUT2D eigenvalue weighted by atomic mass is 16.5. The zero-order valence-electron chi connectivity index (χ0n) is 22.9. The lowest BCUT2D eigenvalue weighted by atomic mass is 9.89. The highest BCUT2D eigenvalue weighted by Gasteiger charge is 2.53. The van der Waals surface area contributed by atoms with Gasteiger partial charge < -0.3 is 15.0 Å². The van der Waals surface area contributed by atoms with Crippen LogP contribution in [0.3, 0.4) is 0 Å². The van der Waals surface area contributed by atoms with Crippen molar-refractivity contribution in [3.05, 3.63) is 95.2 Å². The molecule has 7 rings (SSSR count). The number of benzene rings is 3. The Kier molecular flexibility index (Phi) is 6.26. The van der Waals surface area contributed by atoms with Crippen LogP contribution in [-0.2, 0) is 11.2 Å². The number of rotatable bonds is 5. The van der Waals surface area contributed by atoms with Gasteiger partial charge in [0.05, 0.1) is 18.4 Å². The fraction of sp³-hybridized carbons (Fsp3) is 0.303. The van der Waals surface area contributed by atoms with Gasteiger partial charge in [0.15, 0.2) is 0 Å². The third-order valence-corrected chi connectivity index (χ3v) is 8.79. The minimum atomic E-state index is -0.708. The number of fused-ring (bicyclic) bond motifs is 4. The largest absolute Gasteiger partial charge is 0.497 e. The van der Waals surface area contributed by atoms with Crippen LogP contribution in [0.25, 0.3) is 10.9 Å². The first kappa shape index (κ1) is 25.4. The summed E-state index contributed by atoms with van der Waals surface area (Å²) in [5.74, 6) is 0.0946. The van der Waals surface area contributed by atoms with Gasteiger partial charge >= 0.3 is 6.03 Å². The average Bonchev–Trinajstić information content (AvgIpc) is 3.50. The first-order valence-electron chi connectivity index (χ1n) is 14.3. The van der Waals surface area contributed by atoms with Crippen LogP contribution in [0.5, 0.6) is 5.75 Å². The third kappa shape index (κ3) is 4.17. The molecule has 3 heterocycles. The Morgan fingerprint density at radius 3 is 2.56 bits per heavy atom. The monoisotopic (exact) mass is 548 g/mol. The fourth-order valence-electron chi connectivity index (χ4n) is 6.83. The van der Waals surface area contributed by atoms with E-state index in [2.05, 4.69) is 10.3 Å². The zero-order chi connectivity index (χ0) is 28.1. The van der Waals surface area contributed by atoms with Crippen LogP contribution >= 0.6 is 0 Å². The Labute approximate surface area is 238 Å². The average molecular weight is 549 g/mol. The standard InChI is InChI=1S/C33H32N4O4/c1-41-22-13-9-10-20(18-22)30-29-25(23-14-5-7-16-26(23)35-29)19-28-32(39)37(33(40)36(28)30)27-17-8-6-15-24(27)31(38)34-21-11-3-2-4-12-21/h5-10,13-18,21,28,30,35H,2-4,11-12,19H2,1H3,(H,34,38)/t28-,30?/m0/s1. The number of para-hydroxylation sites is 2. The number of anilines is 1. The summed E-state index contributed by atoms with van der Waals surface area (Å²) in [6.45, 7) is 0. The number of methoxy groups -OCH3 is 1. The first-order valence-corrected chi connectivity index (χ1v) is 14.3. The molecule has 1 aliphatic carbocycles. The lowest BCUT2D eigenvalue weighted by Crippen LogP contribution is -2.44.